The molecule has 0 saturated carbocycles. The zero-order valence-electron chi connectivity index (χ0n) is 13.4. The third-order valence-electron chi connectivity index (χ3n) is 3.81. The third kappa shape index (κ3) is 5.67. The first kappa shape index (κ1) is 17.4. The second-order valence-corrected chi connectivity index (χ2v) is 5.81. The summed E-state index contributed by atoms with van der Waals surface area (Å²) in [5.41, 5.74) is 1.29. The fraction of sp³-hybridized carbons (Fsp3) is 0.647. The van der Waals surface area contributed by atoms with Crippen molar-refractivity contribution in [3.05, 3.63) is 23.8 Å². The molecule has 1 aliphatic rings. The number of methoxy groups -OCH3 is 1. The number of hydrogen-bond donors (Lipinski definition) is 0. The van der Waals surface area contributed by atoms with Crippen molar-refractivity contribution in [1.82, 2.24) is 4.90 Å². The fourth-order valence-corrected chi connectivity index (χ4v) is 2.66. The van der Waals surface area contributed by atoms with Crippen molar-refractivity contribution in [2.45, 2.75) is 19.3 Å². The molecule has 0 bridgehead atoms. The molecular formula is C17H26ClNO3. The minimum Gasteiger partial charge on any atom is -0.493 e. The first-order chi connectivity index (χ1) is 10.8. The monoisotopic (exact) mass is 327 g/mol. The van der Waals surface area contributed by atoms with Crippen LogP contribution in [0.1, 0.15) is 18.4 Å². The molecule has 124 valence electrons. The van der Waals surface area contributed by atoms with Crippen LogP contribution in [0.3, 0.4) is 0 Å². The van der Waals surface area contributed by atoms with E-state index in [9.17, 15) is 0 Å². The largest absolute Gasteiger partial charge is 0.493 e. The number of morpholine rings is 1. The molecule has 0 atom stereocenters. The normalized spacial score (nSPS) is 15.7. The van der Waals surface area contributed by atoms with Crippen molar-refractivity contribution in [3.63, 3.8) is 0 Å². The first-order valence-corrected chi connectivity index (χ1v) is 8.52. The summed E-state index contributed by atoms with van der Waals surface area (Å²) >= 11 is 5.66. The van der Waals surface area contributed by atoms with Gasteiger partial charge < -0.3 is 14.2 Å². The number of halogens is 1. The number of rotatable bonds is 9. The van der Waals surface area contributed by atoms with Crippen molar-refractivity contribution >= 4 is 11.6 Å². The van der Waals surface area contributed by atoms with Crippen LogP contribution in [-0.2, 0) is 11.2 Å². The first-order valence-electron chi connectivity index (χ1n) is 7.99. The summed E-state index contributed by atoms with van der Waals surface area (Å²) in [5, 5.41) is 0. The Labute approximate surface area is 138 Å². The summed E-state index contributed by atoms with van der Waals surface area (Å²) < 4.78 is 16.5. The highest BCUT2D eigenvalue weighted by Gasteiger charge is 2.10. The van der Waals surface area contributed by atoms with Gasteiger partial charge in [-0.3, -0.25) is 4.90 Å². The summed E-state index contributed by atoms with van der Waals surface area (Å²) in [6, 6.07) is 6.20. The summed E-state index contributed by atoms with van der Waals surface area (Å²) in [6.45, 7) is 5.58. The van der Waals surface area contributed by atoms with Crippen molar-refractivity contribution in [1.29, 1.82) is 0 Å². The molecule has 2 rings (SSSR count). The zero-order valence-corrected chi connectivity index (χ0v) is 14.1. The SMILES string of the molecule is COc1cc(CCCN2CCOCC2)ccc1OCCCCl. The van der Waals surface area contributed by atoms with E-state index in [0.29, 0.717) is 12.5 Å². The Bertz CT molecular complexity index is 436. The molecule has 1 aromatic carbocycles. The van der Waals surface area contributed by atoms with Crippen molar-refractivity contribution in [2.24, 2.45) is 0 Å². The van der Waals surface area contributed by atoms with Gasteiger partial charge in [0, 0.05) is 19.0 Å². The van der Waals surface area contributed by atoms with E-state index < -0.39 is 0 Å². The molecule has 22 heavy (non-hydrogen) atoms. The topological polar surface area (TPSA) is 30.9 Å². The minimum absolute atomic E-state index is 0.613. The van der Waals surface area contributed by atoms with Crippen LogP contribution in [0.2, 0.25) is 0 Å². The zero-order chi connectivity index (χ0) is 15.6. The summed E-state index contributed by atoms with van der Waals surface area (Å²) in [6.07, 6.45) is 3.04. The summed E-state index contributed by atoms with van der Waals surface area (Å²) in [7, 11) is 1.68. The maximum Gasteiger partial charge on any atom is 0.161 e. The van der Waals surface area contributed by atoms with Gasteiger partial charge in [0.05, 0.1) is 26.9 Å². The predicted octanol–water partition coefficient (Wildman–Crippen LogP) is 2.97. The number of alkyl halides is 1. The molecule has 1 aromatic rings. The molecule has 0 radical (unpaired) electrons. The van der Waals surface area contributed by atoms with Gasteiger partial charge in [0.15, 0.2) is 11.5 Å². The smallest absolute Gasteiger partial charge is 0.161 e. The lowest BCUT2D eigenvalue weighted by atomic mass is 10.1. The molecule has 0 aromatic heterocycles. The average Bonchev–Trinajstić information content (AvgIpc) is 2.57. The van der Waals surface area contributed by atoms with E-state index in [-0.39, 0.29) is 0 Å². The molecule has 4 nitrogen and oxygen atoms in total. The van der Waals surface area contributed by atoms with Gasteiger partial charge >= 0.3 is 0 Å². The molecule has 0 spiro atoms. The molecule has 0 amide bonds. The second-order valence-electron chi connectivity index (χ2n) is 5.43. The van der Waals surface area contributed by atoms with Gasteiger partial charge in [0.1, 0.15) is 0 Å². The number of aryl methyl sites for hydroxylation is 1. The Morgan fingerprint density at radius 1 is 1.18 bits per heavy atom. The van der Waals surface area contributed by atoms with Crippen molar-refractivity contribution in [3.8, 4) is 11.5 Å². The van der Waals surface area contributed by atoms with Crippen LogP contribution < -0.4 is 9.47 Å². The lowest BCUT2D eigenvalue weighted by molar-refractivity contribution is 0.0374. The highest BCUT2D eigenvalue weighted by Crippen LogP contribution is 2.28. The Morgan fingerprint density at radius 2 is 2.00 bits per heavy atom. The standard InChI is InChI=1S/C17H26ClNO3/c1-20-17-14-15(5-6-16(17)22-11-3-7-18)4-2-8-19-9-12-21-13-10-19/h5-6,14H,2-4,7-13H2,1H3. The van der Waals surface area contributed by atoms with Crippen LogP contribution in [0.15, 0.2) is 18.2 Å². The molecular weight excluding hydrogens is 302 g/mol. The predicted molar refractivity (Wildman–Crippen MR) is 89.4 cm³/mol. The second kappa shape index (κ2) is 9.93. The van der Waals surface area contributed by atoms with Gasteiger partial charge in [0.2, 0.25) is 0 Å². The Morgan fingerprint density at radius 3 is 2.73 bits per heavy atom. The Kier molecular flexibility index (Phi) is 7.85. The van der Waals surface area contributed by atoms with E-state index in [0.717, 1.165) is 63.6 Å². The van der Waals surface area contributed by atoms with E-state index in [1.807, 2.05) is 6.07 Å². The Balaban J connectivity index is 1.80. The molecule has 0 N–H and O–H groups in total. The summed E-state index contributed by atoms with van der Waals surface area (Å²) in [4.78, 5) is 2.46. The molecule has 1 fully saturated rings. The Hall–Kier alpha value is -0.970. The third-order valence-corrected chi connectivity index (χ3v) is 4.07. The maximum absolute atomic E-state index is 5.69. The molecule has 1 heterocycles. The fourth-order valence-electron chi connectivity index (χ4n) is 2.55. The number of ether oxygens (including phenoxy) is 3. The highest BCUT2D eigenvalue weighted by molar-refractivity contribution is 6.17. The lowest BCUT2D eigenvalue weighted by Crippen LogP contribution is -2.36. The summed E-state index contributed by atoms with van der Waals surface area (Å²) in [5.74, 6) is 2.21. The number of nitrogens with zero attached hydrogens (tertiary/aromatic N) is 1. The van der Waals surface area contributed by atoms with E-state index >= 15 is 0 Å². The van der Waals surface area contributed by atoms with Crippen LogP contribution in [0.4, 0.5) is 0 Å². The van der Waals surface area contributed by atoms with Gasteiger partial charge in [-0.25, -0.2) is 0 Å². The maximum atomic E-state index is 5.69. The van der Waals surface area contributed by atoms with Crippen molar-refractivity contribution < 1.29 is 14.2 Å². The highest BCUT2D eigenvalue weighted by atomic mass is 35.5. The van der Waals surface area contributed by atoms with Gasteiger partial charge in [-0.15, -0.1) is 11.6 Å². The van der Waals surface area contributed by atoms with Crippen LogP contribution in [0.25, 0.3) is 0 Å². The van der Waals surface area contributed by atoms with Gasteiger partial charge in [-0.2, -0.15) is 0 Å². The molecule has 5 heteroatoms. The number of benzene rings is 1. The van der Waals surface area contributed by atoms with E-state index in [1.54, 1.807) is 7.11 Å². The number of hydrogen-bond acceptors (Lipinski definition) is 4. The molecule has 1 aliphatic heterocycles. The molecule has 0 aliphatic carbocycles. The van der Waals surface area contributed by atoms with Gasteiger partial charge in [0.25, 0.3) is 0 Å². The van der Waals surface area contributed by atoms with Gasteiger partial charge in [-0.05, 0) is 43.5 Å². The van der Waals surface area contributed by atoms with E-state index in [2.05, 4.69) is 17.0 Å². The lowest BCUT2D eigenvalue weighted by Gasteiger charge is -2.26. The van der Waals surface area contributed by atoms with Gasteiger partial charge in [-0.1, -0.05) is 6.07 Å². The van der Waals surface area contributed by atoms with Crippen LogP contribution >= 0.6 is 11.6 Å². The average molecular weight is 328 g/mol. The van der Waals surface area contributed by atoms with E-state index in [4.69, 9.17) is 25.8 Å². The van der Waals surface area contributed by atoms with Crippen LogP contribution in [0, 0.1) is 0 Å². The molecule has 0 unspecified atom stereocenters. The van der Waals surface area contributed by atoms with E-state index in [1.165, 1.54) is 5.56 Å². The quantitative estimate of drug-likeness (QED) is 0.515. The molecule has 1 saturated heterocycles. The van der Waals surface area contributed by atoms with Crippen LogP contribution in [0.5, 0.6) is 11.5 Å². The van der Waals surface area contributed by atoms with Crippen molar-refractivity contribution in [2.75, 3.05) is 52.4 Å². The minimum atomic E-state index is 0.613. The van der Waals surface area contributed by atoms with Crippen LogP contribution in [-0.4, -0.2) is 57.3 Å².